The van der Waals surface area contributed by atoms with Gasteiger partial charge in [-0.15, -0.1) is 0 Å². The van der Waals surface area contributed by atoms with Crippen molar-refractivity contribution in [2.75, 3.05) is 0 Å². The zero-order valence-corrected chi connectivity index (χ0v) is 13.1. The maximum absolute atomic E-state index is 12.7. The first-order valence-electron chi connectivity index (χ1n) is 7.79. The fourth-order valence-corrected chi connectivity index (χ4v) is 5.30. The second kappa shape index (κ2) is 5.83. The van der Waals surface area contributed by atoms with Crippen molar-refractivity contribution in [3.63, 3.8) is 0 Å². The lowest BCUT2D eigenvalue weighted by atomic mass is 9.85. The molecule has 4 rings (SSSR count). The third kappa shape index (κ3) is 2.67. The lowest BCUT2D eigenvalue weighted by Gasteiger charge is -2.37. The molecule has 0 spiro atoms. The number of Topliss-reactive ketones (excluding diaryl/α,β-unsaturated/α-hetero) is 1. The number of imidazole rings is 1. The smallest absolute Gasteiger partial charge is 0.234 e. The average Bonchev–Trinajstić information content (AvgIpc) is 3.08. The van der Waals surface area contributed by atoms with Crippen LogP contribution < -0.4 is 0 Å². The van der Waals surface area contributed by atoms with Crippen molar-refractivity contribution in [2.24, 2.45) is 5.92 Å². The van der Waals surface area contributed by atoms with Crippen molar-refractivity contribution >= 4 is 17.5 Å². The van der Waals surface area contributed by atoms with Crippen LogP contribution in [0.3, 0.4) is 0 Å². The monoisotopic (exact) mass is 314 g/mol. The van der Waals surface area contributed by atoms with Crippen LogP contribution in [0, 0.1) is 5.92 Å². The van der Waals surface area contributed by atoms with Gasteiger partial charge in [-0.1, -0.05) is 6.42 Å². The van der Waals surface area contributed by atoms with Crippen LogP contribution >= 0.6 is 11.8 Å². The molecule has 0 amide bonds. The van der Waals surface area contributed by atoms with Crippen LogP contribution in [0.25, 0.3) is 5.95 Å². The highest BCUT2D eigenvalue weighted by Crippen LogP contribution is 2.44. The van der Waals surface area contributed by atoms with Crippen molar-refractivity contribution in [2.45, 2.75) is 42.6 Å². The molecule has 5 nitrogen and oxygen atoms in total. The molecule has 22 heavy (non-hydrogen) atoms. The van der Waals surface area contributed by atoms with Gasteiger partial charge >= 0.3 is 0 Å². The van der Waals surface area contributed by atoms with Crippen LogP contribution in [0.5, 0.6) is 0 Å². The van der Waals surface area contributed by atoms with E-state index in [9.17, 15) is 4.79 Å². The molecule has 2 aliphatic rings. The molecule has 2 aromatic heterocycles. The van der Waals surface area contributed by atoms with Gasteiger partial charge in [0.2, 0.25) is 5.95 Å². The van der Waals surface area contributed by atoms with E-state index < -0.39 is 0 Å². The molecular weight excluding hydrogens is 296 g/mol. The van der Waals surface area contributed by atoms with Gasteiger partial charge in [-0.05, 0) is 25.7 Å². The topological polar surface area (TPSA) is 60.7 Å². The molecule has 2 bridgehead atoms. The molecule has 2 saturated heterocycles. The first-order valence-corrected chi connectivity index (χ1v) is 8.74. The Balaban J connectivity index is 1.50. The number of rotatable bonds is 3. The third-order valence-electron chi connectivity index (χ3n) is 4.56. The predicted molar refractivity (Wildman–Crippen MR) is 85.2 cm³/mol. The molecule has 114 valence electrons. The quantitative estimate of drug-likeness (QED) is 0.815. The third-order valence-corrected chi connectivity index (χ3v) is 6.19. The van der Waals surface area contributed by atoms with Gasteiger partial charge in [0, 0.05) is 41.2 Å². The van der Waals surface area contributed by atoms with Crippen molar-refractivity contribution in [1.82, 2.24) is 19.5 Å². The predicted octanol–water partition coefficient (Wildman–Crippen LogP) is 2.91. The first-order chi connectivity index (χ1) is 10.8. The highest BCUT2D eigenvalue weighted by Gasteiger charge is 2.36. The van der Waals surface area contributed by atoms with Gasteiger partial charge in [-0.3, -0.25) is 9.36 Å². The van der Waals surface area contributed by atoms with Crippen molar-refractivity contribution < 1.29 is 4.79 Å². The first kappa shape index (κ1) is 13.9. The molecule has 2 atom stereocenters. The fraction of sp³-hybridized carbons (Fsp3) is 0.500. The Labute approximate surface area is 133 Å². The van der Waals surface area contributed by atoms with E-state index in [1.165, 1.54) is 19.3 Å². The number of carbonyl (C=O) groups excluding carboxylic acids is 1. The number of fused-ring (bicyclic) bond motifs is 2. The van der Waals surface area contributed by atoms with Crippen LogP contribution in [0.4, 0.5) is 0 Å². The highest BCUT2D eigenvalue weighted by molar-refractivity contribution is 8.00. The molecule has 0 N–H and O–H groups in total. The Morgan fingerprint density at radius 2 is 1.91 bits per heavy atom. The number of carbonyl (C=O) groups is 1. The van der Waals surface area contributed by atoms with E-state index in [1.807, 2.05) is 0 Å². The van der Waals surface area contributed by atoms with E-state index >= 15 is 0 Å². The van der Waals surface area contributed by atoms with Gasteiger partial charge in [-0.25, -0.2) is 15.0 Å². The number of thioether (sulfide) groups is 1. The van der Waals surface area contributed by atoms with Crippen LogP contribution in [-0.4, -0.2) is 35.8 Å². The normalized spacial score (nSPS) is 27.5. The van der Waals surface area contributed by atoms with Crippen LogP contribution in [0.15, 0.2) is 31.1 Å². The van der Waals surface area contributed by atoms with E-state index in [2.05, 4.69) is 26.7 Å². The summed E-state index contributed by atoms with van der Waals surface area (Å²) in [5.41, 5.74) is 0.638. The second-order valence-electron chi connectivity index (χ2n) is 6.09. The van der Waals surface area contributed by atoms with E-state index in [1.54, 1.807) is 35.7 Å². The Bertz CT molecular complexity index is 643. The fourth-order valence-electron chi connectivity index (χ4n) is 3.47. The number of hydrogen-bond acceptors (Lipinski definition) is 5. The summed E-state index contributed by atoms with van der Waals surface area (Å²) in [6.45, 7) is 0. The van der Waals surface area contributed by atoms with E-state index in [0.717, 1.165) is 12.8 Å². The summed E-state index contributed by atoms with van der Waals surface area (Å²) in [6.07, 6.45) is 14.3. The van der Waals surface area contributed by atoms with Crippen LogP contribution in [0.2, 0.25) is 0 Å². The Hall–Kier alpha value is -1.69. The average molecular weight is 314 g/mol. The summed E-state index contributed by atoms with van der Waals surface area (Å²) in [5, 5.41) is 1.35. The number of hydrogen-bond donors (Lipinski definition) is 0. The zero-order chi connectivity index (χ0) is 14.9. The molecule has 6 heteroatoms. The van der Waals surface area contributed by atoms with E-state index in [-0.39, 0.29) is 11.7 Å². The molecule has 2 aliphatic heterocycles. The van der Waals surface area contributed by atoms with Gasteiger partial charge in [0.15, 0.2) is 5.78 Å². The van der Waals surface area contributed by atoms with Crippen LogP contribution in [-0.2, 0) is 0 Å². The molecule has 0 radical (unpaired) electrons. The minimum absolute atomic E-state index is 0.152. The molecular formula is C16H18N4OS. The minimum Gasteiger partial charge on any atom is -0.294 e. The van der Waals surface area contributed by atoms with Crippen molar-refractivity contribution in [3.05, 3.63) is 36.7 Å². The summed E-state index contributed by atoms with van der Waals surface area (Å²) in [4.78, 5) is 25.3. The summed E-state index contributed by atoms with van der Waals surface area (Å²) in [6, 6.07) is 0. The summed E-state index contributed by atoms with van der Waals surface area (Å²) < 4.78 is 1.73. The minimum atomic E-state index is 0.152. The van der Waals surface area contributed by atoms with Gasteiger partial charge in [0.1, 0.15) is 6.33 Å². The molecule has 0 aliphatic carbocycles. The van der Waals surface area contributed by atoms with E-state index in [0.29, 0.717) is 22.0 Å². The van der Waals surface area contributed by atoms with Gasteiger partial charge < -0.3 is 0 Å². The lowest BCUT2D eigenvalue weighted by molar-refractivity contribution is 0.0896. The summed E-state index contributed by atoms with van der Waals surface area (Å²) >= 11 is 2.10. The molecule has 0 saturated carbocycles. The van der Waals surface area contributed by atoms with Gasteiger partial charge in [0.05, 0.1) is 5.56 Å². The number of ketones is 1. The van der Waals surface area contributed by atoms with Gasteiger partial charge in [-0.2, -0.15) is 11.8 Å². The molecule has 4 heterocycles. The molecule has 2 aromatic rings. The highest BCUT2D eigenvalue weighted by atomic mass is 32.2. The van der Waals surface area contributed by atoms with E-state index in [4.69, 9.17) is 0 Å². The Kier molecular flexibility index (Phi) is 3.70. The lowest BCUT2D eigenvalue weighted by Crippen LogP contribution is -2.33. The zero-order valence-electron chi connectivity index (χ0n) is 12.3. The van der Waals surface area contributed by atoms with Crippen LogP contribution in [0.1, 0.15) is 42.5 Å². The van der Waals surface area contributed by atoms with Crippen molar-refractivity contribution in [1.29, 1.82) is 0 Å². The van der Waals surface area contributed by atoms with Crippen molar-refractivity contribution in [3.8, 4) is 5.95 Å². The summed E-state index contributed by atoms with van der Waals surface area (Å²) in [7, 11) is 0. The Morgan fingerprint density at radius 3 is 2.55 bits per heavy atom. The van der Waals surface area contributed by atoms with Gasteiger partial charge in [0.25, 0.3) is 0 Å². The molecule has 0 aromatic carbocycles. The maximum Gasteiger partial charge on any atom is 0.234 e. The largest absolute Gasteiger partial charge is 0.294 e. The SMILES string of the molecule is O=C(c1cnc(-n2ccnc2)nc1)C1CC2CCCC(C1)S2. The maximum atomic E-state index is 12.7. The standard InChI is InChI=1S/C16H18N4OS/c21-15(11-6-13-2-1-3-14(7-11)22-13)12-8-18-16(19-9-12)20-5-4-17-10-20/h4-5,8-11,13-14H,1-3,6-7H2. The Morgan fingerprint density at radius 1 is 1.18 bits per heavy atom. The number of aromatic nitrogens is 4. The molecule has 2 unspecified atom stereocenters. The second-order valence-corrected chi connectivity index (χ2v) is 7.69. The summed E-state index contributed by atoms with van der Waals surface area (Å²) in [5.74, 6) is 0.916. The molecule has 2 fully saturated rings. The number of nitrogens with zero attached hydrogens (tertiary/aromatic N) is 4.